The highest BCUT2D eigenvalue weighted by Gasteiger charge is 2.47. The molecule has 3 aromatic rings. The number of carbonyl (C=O) groups excluding carboxylic acids is 2. The minimum absolute atomic E-state index is 0.0299. The molecule has 0 aliphatic carbocycles. The Hall–Kier alpha value is -3.61. The number of aliphatic hydroxyl groups excluding tert-OH is 1. The van der Waals surface area contributed by atoms with E-state index in [1.54, 1.807) is 31.2 Å². The number of furan rings is 2. The highest BCUT2D eigenvalue weighted by Crippen LogP contribution is 2.40. The molecule has 4 rings (SSSR count). The van der Waals surface area contributed by atoms with E-state index in [0.29, 0.717) is 17.3 Å². The Balaban J connectivity index is 1.85. The van der Waals surface area contributed by atoms with Gasteiger partial charge in [0.15, 0.2) is 0 Å². The number of Topliss-reactive ketones (excluding diaryl/α,β-unsaturated/α-hetero) is 1. The molecule has 3 heterocycles. The first-order chi connectivity index (χ1) is 13.5. The van der Waals surface area contributed by atoms with E-state index in [4.69, 9.17) is 8.83 Å². The van der Waals surface area contributed by atoms with Crippen molar-refractivity contribution in [1.82, 2.24) is 4.90 Å². The third-order valence-corrected chi connectivity index (χ3v) is 4.59. The van der Waals surface area contributed by atoms with Crippen LogP contribution in [0.2, 0.25) is 0 Å². The van der Waals surface area contributed by atoms with Crippen LogP contribution in [0.4, 0.5) is 4.39 Å². The number of aryl methyl sites for hydroxylation is 1. The Morgan fingerprint density at radius 3 is 2.50 bits per heavy atom. The third kappa shape index (κ3) is 3.00. The summed E-state index contributed by atoms with van der Waals surface area (Å²) in [6.07, 6.45) is 1.47. The molecule has 1 atom stereocenters. The van der Waals surface area contributed by atoms with Crippen LogP contribution >= 0.6 is 0 Å². The lowest BCUT2D eigenvalue weighted by Crippen LogP contribution is -2.28. The van der Waals surface area contributed by atoms with Crippen molar-refractivity contribution in [1.29, 1.82) is 0 Å². The van der Waals surface area contributed by atoms with Crippen LogP contribution in [0.25, 0.3) is 5.76 Å². The summed E-state index contributed by atoms with van der Waals surface area (Å²) < 4.78 is 24.2. The summed E-state index contributed by atoms with van der Waals surface area (Å²) in [6.45, 7) is 1.77. The van der Waals surface area contributed by atoms with Crippen LogP contribution in [0.3, 0.4) is 0 Å². The van der Waals surface area contributed by atoms with Gasteiger partial charge in [0.2, 0.25) is 0 Å². The first-order valence-corrected chi connectivity index (χ1v) is 8.59. The number of benzene rings is 1. The molecule has 0 saturated carbocycles. The maximum atomic E-state index is 13.2. The first-order valence-electron chi connectivity index (χ1n) is 8.59. The van der Waals surface area contributed by atoms with Gasteiger partial charge in [-0.25, -0.2) is 4.39 Å². The van der Waals surface area contributed by atoms with Crippen molar-refractivity contribution in [2.24, 2.45) is 0 Å². The fraction of sp³-hybridized carbons (Fsp3) is 0.143. The van der Waals surface area contributed by atoms with E-state index in [-0.39, 0.29) is 23.4 Å². The summed E-state index contributed by atoms with van der Waals surface area (Å²) in [7, 11) is 0. The molecule has 1 aromatic carbocycles. The standard InChI is InChI=1S/C21H16FNO5/c1-12-4-9-16(28-12)18-17(19(24)13-5-7-14(22)8-6-13)20(25)21(26)23(18)11-15-3-2-10-27-15/h2-10,18,24H,11H2,1H3/b19-17+. The number of amides is 1. The van der Waals surface area contributed by atoms with Crippen LogP contribution in [0.1, 0.15) is 28.9 Å². The first kappa shape index (κ1) is 17.8. The van der Waals surface area contributed by atoms with Crippen molar-refractivity contribution >= 4 is 17.4 Å². The van der Waals surface area contributed by atoms with Crippen molar-refractivity contribution in [2.75, 3.05) is 0 Å². The summed E-state index contributed by atoms with van der Waals surface area (Å²) in [4.78, 5) is 26.8. The molecule has 1 fully saturated rings. The smallest absolute Gasteiger partial charge is 0.296 e. The molecule has 7 heteroatoms. The monoisotopic (exact) mass is 381 g/mol. The van der Waals surface area contributed by atoms with Gasteiger partial charge in [0.25, 0.3) is 11.7 Å². The molecule has 1 saturated heterocycles. The topological polar surface area (TPSA) is 83.9 Å². The quantitative estimate of drug-likeness (QED) is 0.420. The summed E-state index contributed by atoms with van der Waals surface area (Å²) in [5, 5.41) is 10.8. The number of hydrogen-bond acceptors (Lipinski definition) is 5. The Labute approximate surface area is 159 Å². The molecule has 0 radical (unpaired) electrons. The van der Waals surface area contributed by atoms with E-state index in [1.807, 2.05) is 0 Å². The average molecular weight is 381 g/mol. The van der Waals surface area contributed by atoms with E-state index >= 15 is 0 Å². The molecule has 1 amide bonds. The highest BCUT2D eigenvalue weighted by molar-refractivity contribution is 6.46. The molecule has 1 aliphatic rings. The van der Waals surface area contributed by atoms with E-state index < -0.39 is 23.5 Å². The predicted molar refractivity (Wildman–Crippen MR) is 96.4 cm³/mol. The Morgan fingerprint density at radius 2 is 1.89 bits per heavy atom. The summed E-state index contributed by atoms with van der Waals surface area (Å²) in [5.41, 5.74) is 0.114. The molecule has 28 heavy (non-hydrogen) atoms. The lowest BCUT2D eigenvalue weighted by atomic mass is 9.99. The molecule has 1 N–H and O–H groups in total. The lowest BCUT2D eigenvalue weighted by molar-refractivity contribution is -0.140. The second-order valence-corrected chi connectivity index (χ2v) is 6.46. The van der Waals surface area contributed by atoms with Gasteiger partial charge in [-0.2, -0.15) is 0 Å². The van der Waals surface area contributed by atoms with E-state index in [0.717, 1.165) is 0 Å². The lowest BCUT2D eigenvalue weighted by Gasteiger charge is -2.22. The largest absolute Gasteiger partial charge is 0.507 e. The second-order valence-electron chi connectivity index (χ2n) is 6.46. The van der Waals surface area contributed by atoms with Gasteiger partial charge in [-0.1, -0.05) is 0 Å². The third-order valence-electron chi connectivity index (χ3n) is 4.59. The zero-order chi connectivity index (χ0) is 19.8. The summed E-state index contributed by atoms with van der Waals surface area (Å²) in [6, 6.07) is 10.8. The summed E-state index contributed by atoms with van der Waals surface area (Å²) in [5.74, 6) is -1.07. The molecule has 0 spiro atoms. The van der Waals surface area contributed by atoms with Gasteiger partial charge in [0.1, 0.15) is 34.9 Å². The number of nitrogens with zero attached hydrogens (tertiary/aromatic N) is 1. The SMILES string of the molecule is Cc1ccc(C2/C(=C(\O)c3ccc(F)cc3)C(=O)C(=O)N2Cc2ccco2)o1. The minimum Gasteiger partial charge on any atom is -0.507 e. The molecular formula is C21H16FNO5. The number of halogens is 1. The van der Waals surface area contributed by atoms with Gasteiger partial charge in [0.05, 0.1) is 18.4 Å². The normalized spacial score (nSPS) is 18.8. The maximum absolute atomic E-state index is 13.2. The maximum Gasteiger partial charge on any atom is 0.296 e. The Morgan fingerprint density at radius 1 is 1.14 bits per heavy atom. The number of rotatable bonds is 4. The number of likely N-dealkylation sites (tertiary alicyclic amines) is 1. The van der Waals surface area contributed by atoms with Crippen molar-refractivity contribution in [3.05, 3.63) is 89.0 Å². The Bertz CT molecular complexity index is 1060. The number of aliphatic hydroxyl groups is 1. The Kier molecular flexibility index (Phi) is 4.35. The molecule has 6 nitrogen and oxygen atoms in total. The average Bonchev–Trinajstić information content (AvgIpc) is 3.39. The second kappa shape index (κ2) is 6.84. The fourth-order valence-electron chi connectivity index (χ4n) is 3.27. The van der Waals surface area contributed by atoms with Crippen molar-refractivity contribution < 1.29 is 27.9 Å². The number of carbonyl (C=O) groups is 2. The predicted octanol–water partition coefficient (Wildman–Crippen LogP) is 3.94. The van der Waals surface area contributed by atoms with Crippen LogP contribution in [0.5, 0.6) is 0 Å². The van der Waals surface area contributed by atoms with E-state index in [1.165, 1.54) is 35.4 Å². The zero-order valence-electron chi connectivity index (χ0n) is 14.9. The molecule has 0 bridgehead atoms. The van der Waals surface area contributed by atoms with E-state index in [9.17, 15) is 19.1 Å². The van der Waals surface area contributed by atoms with Crippen LogP contribution in [-0.4, -0.2) is 21.7 Å². The van der Waals surface area contributed by atoms with Crippen LogP contribution in [0, 0.1) is 12.7 Å². The van der Waals surface area contributed by atoms with Gasteiger partial charge in [0, 0.05) is 5.56 Å². The fourth-order valence-corrected chi connectivity index (χ4v) is 3.27. The number of hydrogen-bond donors (Lipinski definition) is 1. The van der Waals surface area contributed by atoms with Crippen molar-refractivity contribution in [3.63, 3.8) is 0 Å². The van der Waals surface area contributed by atoms with Gasteiger partial charge >= 0.3 is 0 Å². The van der Waals surface area contributed by atoms with Gasteiger partial charge in [-0.15, -0.1) is 0 Å². The van der Waals surface area contributed by atoms with Crippen molar-refractivity contribution in [2.45, 2.75) is 19.5 Å². The van der Waals surface area contributed by atoms with Crippen molar-refractivity contribution in [3.8, 4) is 0 Å². The molecule has 142 valence electrons. The summed E-state index contributed by atoms with van der Waals surface area (Å²) >= 11 is 0. The molecular weight excluding hydrogens is 365 g/mol. The van der Waals surface area contributed by atoms with Gasteiger partial charge < -0.3 is 18.8 Å². The molecule has 1 aliphatic heterocycles. The molecule has 2 aromatic heterocycles. The highest BCUT2D eigenvalue weighted by atomic mass is 19.1. The van der Waals surface area contributed by atoms with E-state index in [2.05, 4.69) is 0 Å². The van der Waals surface area contributed by atoms with Gasteiger partial charge in [-0.05, 0) is 55.5 Å². The number of ketones is 1. The van der Waals surface area contributed by atoms with Gasteiger partial charge in [-0.3, -0.25) is 9.59 Å². The minimum atomic E-state index is -0.927. The van der Waals surface area contributed by atoms with Crippen LogP contribution in [-0.2, 0) is 16.1 Å². The van der Waals surface area contributed by atoms with Crippen LogP contribution in [0.15, 0.2) is 69.2 Å². The zero-order valence-corrected chi connectivity index (χ0v) is 14.9. The molecule has 1 unspecified atom stereocenters. The van der Waals surface area contributed by atoms with Crippen LogP contribution < -0.4 is 0 Å².